The predicted octanol–water partition coefficient (Wildman–Crippen LogP) is 4.34. The molecule has 30 heavy (non-hydrogen) atoms. The molecule has 1 aliphatic heterocycles. The molecule has 0 unspecified atom stereocenters. The minimum absolute atomic E-state index is 0.0177. The van der Waals surface area contributed by atoms with Gasteiger partial charge in [0.15, 0.2) is 0 Å². The third-order valence-corrected chi connectivity index (χ3v) is 11.8. The normalized spacial score (nSPS) is 36.5. The van der Waals surface area contributed by atoms with Crippen molar-refractivity contribution >= 4 is 16.1 Å². The molecule has 164 valence electrons. The molecule has 1 aromatic carbocycles. The zero-order valence-corrected chi connectivity index (χ0v) is 19.3. The van der Waals surface area contributed by atoms with E-state index in [1.165, 1.54) is 11.1 Å². The van der Waals surface area contributed by atoms with Gasteiger partial charge in [0.25, 0.3) is 0 Å². The van der Waals surface area contributed by atoms with Gasteiger partial charge in [-0.3, -0.25) is 0 Å². The van der Waals surface area contributed by atoms with Gasteiger partial charge in [0.1, 0.15) is 0 Å². The van der Waals surface area contributed by atoms with Gasteiger partial charge in [0.05, 0.1) is 11.4 Å². The third-order valence-electron chi connectivity index (χ3n) is 9.75. The third kappa shape index (κ3) is 2.55. The van der Waals surface area contributed by atoms with Gasteiger partial charge in [-0.2, -0.15) is 0 Å². The molecule has 2 bridgehead atoms. The van der Waals surface area contributed by atoms with Crippen molar-refractivity contribution in [3.05, 3.63) is 41.5 Å². The van der Waals surface area contributed by atoms with Crippen LogP contribution in [0.5, 0.6) is 0 Å². The van der Waals surface area contributed by atoms with Crippen molar-refractivity contribution in [2.24, 2.45) is 16.7 Å². The Labute approximate surface area is 181 Å². The van der Waals surface area contributed by atoms with Crippen LogP contribution in [-0.2, 0) is 15.4 Å². The number of rotatable bonds is 4. The first-order valence-electron chi connectivity index (χ1n) is 11.6. The highest BCUT2D eigenvalue weighted by atomic mass is 32.2. The lowest BCUT2D eigenvalue weighted by Gasteiger charge is -2.48. The van der Waals surface area contributed by atoms with Crippen molar-refractivity contribution in [3.63, 3.8) is 0 Å². The Bertz CT molecular complexity index is 989. The van der Waals surface area contributed by atoms with Crippen LogP contribution in [-0.4, -0.2) is 42.3 Å². The summed E-state index contributed by atoms with van der Waals surface area (Å²) in [4.78, 5) is 0. The van der Waals surface area contributed by atoms with E-state index >= 15 is 0 Å². The monoisotopic (exact) mass is 429 g/mol. The quantitative estimate of drug-likeness (QED) is 0.774. The maximum absolute atomic E-state index is 13.7. The summed E-state index contributed by atoms with van der Waals surface area (Å²) < 4.78 is 29.0. The van der Waals surface area contributed by atoms with E-state index in [-0.39, 0.29) is 16.6 Å². The van der Waals surface area contributed by atoms with Gasteiger partial charge in [0.2, 0.25) is 10.0 Å². The Kier molecular flexibility index (Phi) is 4.44. The minimum Gasteiger partial charge on any atom is -0.389 e. The van der Waals surface area contributed by atoms with Crippen molar-refractivity contribution < 1.29 is 13.5 Å². The van der Waals surface area contributed by atoms with E-state index in [2.05, 4.69) is 50.3 Å². The lowest BCUT2D eigenvalue weighted by atomic mass is 9.63. The minimum atomic E-state index is -3.44. The highest BCUT2D eigenvalue weighted by Crippen LogP contribution is 2.71. The van der Waals surface area contributed by atoms with Crippen LogP contribution in [0.2, 0.25) is 0 Å². The second-order valence-corrected chi connectivity index (χ2v) is 12.8. The molecular weight excluding hydrogens is 394 g/mol. The summed E-state index contributed by atoms with van der Waals surface area (Å²) in [5.41, 5.74) is 1.05. The standard InChI is InChI=1S/C25H35NO3S/c1-4-25(27)17-20-10-12-24(25,22(20,2)3)18-30(28,29)26-15-13-23(14-16-26)11-9-19-7-5-6-8-21(19)23/h5-9,11,20,27H,4,10,12-18H2,1-3H3/t20-,24+,25-/m1/s1. The van der Waals surface area contributed by atoms with E-state index in [0.29, 0.717) is 25.4 Å². The number of fused-ring (bicyclic) bond motifs is 4. The number of aliphatic hydroxyl groups is 1. The first-order chi connectivity index (χ1) is 14.1. The van der Waals surface area contributed by atoms with Gasteiger partial charge in [-0.15, -0.1) is 0 Å². The van der Waals surface area contributed by atoms with Crippen LogP contribution in [0.3, 0.4) is 0 Å². The maximum Gasteiger partial charge on any atom is 0.214 e. The number of benzene rings is 1. The molecule has 4 aliphatic rings. The molecule has 3 fully saturated rings. The summed E-state index contributed by atoms with van der Waals surface area (Å²) in [6.45, 7) is 7.52. The Morgan fingerprint density at radius 1 is 1.13 bits per heavy atom. The summed E-state index contributed by atoms with van der Waals surface area (Å²) >= 11 is 0. The highest BCUT2D eigenvalue weighted by Gasteiger charge is 2.71. The zero-order chi connectivity index (χ0) is 21.4. The van der Waals surface area contributed by atoms with Gasteiger partial charge < -0.3 is 5.11 Å². The topological polar surface area (TPSA) is 57.6 Å². The Balaban J connectivity index is 1.38. The predicted molar refractivity (Wildman–Crippen MR) is 121 cm³/mol. The van der Waals surface area contributed by atoms with Gasteiger partial charge in [0, 0.05) is 23.9 Å². The average molecular weight is 430 g/mol. The average Bonchev–Trinajstić information content (AvgIpc) is 3.24. The first kappa shape index (κ1) is 20.7. The van der Waals surface area contributed by atoms with E-state index in [1.54, 1.807) is 4.31 Å². The molecule has 1 heterocycles. The SMILES string of the molecule is CC[C@@]1(O)C[C@H]2CC[C@]1(CS(=O)(=O)N1CCC3(C=Cc4ccccc43)CC1)C2(C)C. The number of hydrogen-bond donors (Lipinski definition) is 1. The van der Waals surface area contributed by atoms with Gasteiger partial charge in [-0.25, -0.2) is 12.7 Å². The summed E-state index contributed by atoms with van der Waals surface area (Å²) in [5, 5.41) is 11.5. The number of hydrogen-bond acceptors (Lipinski definition) is 3. The summed E-state index contributed by atoms with van der Waals surface area (Å²) in [5.74, 6) is 0.509. The van der Waals surface area contributed by atoms with Gasteiger partial charge in [-0.05, 0) is 61.0 Å². The molecule has 3 aliphatic carbocycles. The fourth-order valence-electron chi connectivity index (χ4n) is 7.60. The largest absolute Gasteiger partial charge is 0.389 e. The Morgan fingerprint density at radius 2 is 1.83 bits per heavy atom. The molecular formula is C25H35NO3S. The van der Waals surface area contributed by atoms with Crippen LogP contribution < -0.4 is 0 Å². The lowest BCUT2D eigenvalue weighted by Crippen LogP contribution is -2.56. The first-order valence-corrected chi connectivity index (χ1v) is 13.2. The van der Waals surface area contributed by atoms with Crippen molar-refractivity contribution in [2.75, 3.05) is 18.8 Å². The second-order valence-electron chi connectivity index (χ2n) is 10.9. The molecule has 1 aromatic rings. The Hall–Kier alpha value is -1.17. The Morgan fingerprint density at radius 3 is 2.50 bits per heavy atom. The van der Waals surface area contributed by atoms with E-state index in [9.17, 15) is 13.5 Å². The molecule has 0 radical (unpaired) electrons. The number of piperidine rings is 1. The van der Waals surface area contributed by atoms with Crippen molar-refractivity contribution in [1.82, 2.24) is 4.31 Å². The molecule has 5 heteroatoms. The van der Waals surface area contributed by atoms with Crippen LogP contribution in [0.4, 0.5) is 0 Å². The molecule has 3 atom stereocenters. The molecule has 0 aromatic heterocycles. The van der Waals surface area contributed by atoms with Crippen molar-refractivity contribution in [1.29, 1.82) is 0 Å². The van der Waals surface area contributed by atoms with E-state index < -0.39 is 21.0 Å². The molecule has 2 saturated carbocycles. The molecule has 4 nitrogen and oxygen atoms in total. The van der Waals surface area contributed by atoms with Crippen LogP contribution in [0.25, 0.3) is 6.08 Å². The van der Waals surface area contributed by atoms with Gasteiger partial charge in [-0.1, -0.05) is 57.2 Å². The second kappa shape index (κ2) is 6.43. The molecule has 1 saturated heterocycles. The fraction of sp³-hybridized carbons (Fsp3) is 0.680. The van der Waals surface area contributed by atoms with E-state index in [1.807, 2.05) is 6.92 Å². The van der Waals surface area contributed by atoms with Gasteiger partial charge >= 0.3 is 0 Å². The van der Waals surface area contributed by atoms with Crippen LogP contribution in [0, 0.1) is 16.7 Å². The molecule has 5 rings (SSSR count). The number of allylic oxidation sites excluding steroid dienone is 1. The zero-order valence-electron chi connectivity index (χ0n) is 18.5. The van der Waals surface area contributed by atoms with E-state index in [4.69, 9.17) is 0 Å². The highest BCUT2D eigenvalue weighted by molar-refractivity contribution is 7.89. The molecule has 0 amide bonds. The number of nitrogens with zero attached hydrogens (tertiary/aromatic N) is 1. The maximum atomic E-state index is 13.7. The number of sulfonamides is 1. The summed E-state index contributed by atoms with van der Waals surface area (Å²) in [7, 11) is -3.44. The van der Waals surface area contributed by atoms with Crippen molar-refractivity contribution in [3.8, 4) is 0 Å². The van der Waals surface area contributed by atoms with Crippen LogP contribution >= 0.6 is 0 Å². The van der Waals surface area contributed by atoms with Crippen LogP contribution in [0.1, 0.15) is 70.4 Å². The fourth-order valence-corrected chi connectivity index (χ4v) is 9.93. The summed E-state index contributed by atoms with van der Waals surface area (Å²) in [6, 6.07) is 8.49. The molecule has 1 spiro atoms. The van der Waals surface area contributed by atoms with E-state index in [0.717, 1.165) is 32.1 Å². The molecule has 1 N–H and O–H groups in total. The van der Waals surface area contributed by atoms with Crippen molar-refractivity contribution in [2.45, 2.75) is 70.3 Å². The summed E-state index contributed by atoms with van der Waals surface area (Å²) in [6.07, 6.45) is 9.38. The van der Waals surface area contributed by atoms with Crippen LogP contribution in [0.15, 0.2) is 30.3 Å². The lowest BCUT2D eigenvalue weighted by molar-refractivity contribution is -0.0897. The smallest absolute Gasteiger partial charge is 0.214 e.